The third-order valence-electron chi connectivity index (χ3n) is 3.41. The second kappa shape index (κ2) is 5.41. The van der Waals surface area contributed by atoms with E-state index in [-0.39, 0.29) is 4.90 Å². The number of nitrogens with one attached hydrogen (secondary N) is 1. The molecular weight excluding hydrogens is 284 g/mol. The van der Waals surface area contributed by atoms with Crippen LogP contribution in [-0.2, 0) is 10.0 Å². The van der Waals surface area contributed by atoms with Crippen LogP contribution in [0, 0.1) is 27.7 Å². The van der Waals surface area contributed by atoms with Gasteiger partial charge in [-0.1, -0.05) is 6.07 Å². The first-order valence-corrected chi connectivity index (χ1v) is 8.15. The Morgan fingerprint density at radius 3 is 2.05 bits per heavy atom. The van der Waals surface area contributed by atoms with Gasteiger partial charge in [0.1, 0.15) is 0 Å². The molecule has 0 saturated carbocycles. The lowest BCUT2D eigenvalue weighted by molar-refractivity contribution is 0.600. The highest BCUT2D eigenvalue weighted by molar-refractivity contribution is 7.92. The van der Waals surface area contributed by atoms with Crippen LogP contribution >= 0.6 is 0 Å². The molecule has 0 aliphatic carbocycles. The van der Waals surface area contributed by atoms with Gasteiger partial charge in [-0.2, -0.15) is 0 Å². The average molecular weight is 304 g/mol. The van der Waals surface area contributed by atoms with Gasteiger partial charge >= 0.3 is 0 Å². The highest BCUT2D eigenvalue weighted by Gasteiger charge is 2.19. The third-order valence-corrected chi connectivity index (χ3v) is 4.91. The van der Waals surface area contributed by atoms with Crippen molar-refractivity contribution in [2.24, 2.45) is 0 Å². The number of rotatable bonds is 3. The zero-order valence-corrected chi connectivity index (χ0v) is 13.5. The fourth-order valence-electron chi connectivity index (χ4n) is 2.38. The molecule has 0 aromatic heterocycles. The maximum atomic E-state index is 12.6. The summed E-state index contributed by atoms with van der Waals surface area (Å²) in [7, 11) is -3.65. The molecule has 2 aromatic carbocycles. The number of sulfonamides is 1. The van der Waals surface area contributed by atoms with E-state index in [2.05, 4.69) is 4.72 Å². The van der Waals surface area contributed by atoms with E-state index in [1.807, 2.05) is 26.8 Å². The van der Waals surface area contributed by atoms with Crippen LogP contribution in [0.2, 0.25) is 0 Å². The standard InChI is InChI=1S/C16H20N2O2S/c1-10-5-11(2)7-15(6-10)18-21(19,20)16-9-14(17)8-12(3)13(16)4/h5-9,18H,17H2,1-4H3. The Bertz CT molecular complexity index is 776. The summed E-state index contributed by atoms with van der Waals surface area (Å²) in [6.07, 6.45) is 0. The normalized spacial score (nSPS) is 11.4. The van der Waals surface area contributed by atoms with E-state index < -0.39 is 10.0 Å². The van der Waals surface area contributed by atoms with Crippen LogP contribution < -0.4 is 10.5 Å². The maximum absolute atomic E-state index is 12.6. The quantitative estimate of drug-likeness (QED) is 0.855. The number of nitrogens with two attached hydrogens (primary N) is 1. The van der Waals surface area contributed by atoms with Crippen molar-refractivity contribution in [3.63, 3.8) is 0 Å². The molecule has 0 spiro atoms. The van der Waals surface area contributed by atoms with Crippen molar-refractivity contribution in [3.8, 4) is 0 Å². The first kappa shape index (κ1) is 15.4. The number of aryl methyl sites for hydroxylation is 3. The fraction of sp³-hybridized carbons (Fsp3) is 0.250. The first-order valence-electron chi connectivity index (χ1n) is 6.67. The summed E-state index contributed by atoms with van der Waals surface area (Å²) >= 11 is 0. The average Bonchev–Trinajstić information content (AvgIpc) is 2.31. The van der Waals surface area contributed by atoms with Crippen molar-refractivity contribution in [1.82, 2.24) is 0 Å². The van der Waals surface area contributed by atoms with Crippen LogP contribution in [0.1, 0.15) is 22.3 Å². The molecule has 0 fully saturated rings. The maximum Gasteiger partial charge on any atom is 0.262 e. The topological polar surface area (TPSA) is 72.2 Å². The summed E-state index contributed by atoms with van der Waals surface area (Å²) in [6, 6.07) is 8.87. The molecule has 0 amide bonds. The van der Waals surface area contributed by atoms with Gasteiger partial charge < -0.3 is 5.73 Å². The van der Waals surface area contributed by atoms with Gasteiger partial charge in [-0.25, -0.2) is 8.42 Å². The number of nitrogen functional groups attached to an aromatic ring is 1. The second-order valence-corrected chi connectivity index (χ2v) is 7.09. The van der Waals surface area contributed by atoms with E-state index in [0.717, 1.165) is 16.7 Å². The van der Waals surface area contributed by atoms with Crippen LogP contribution in [0.15, 0.2) is 35.2 Å². The predicted octanol–water partition coefficient (Wildman–Crippen LogP) is 3.30. The minimum Gasteiger partial charge on any atom is -0.399 e. The summed E-state index contributed by atoms with van der Waals surface area (Å²) in [5, 5.41) is 0. The Balaban J connectivity index is 2.48. The molecule has 21 heavy (non-hydrogen) atoms. The summed E-state index contributed by atoms with van der Waals surface area (Å²) in [6.45, 7) is 7.49. The monoisotopic (exact) mass is 304 g/mol. The van der Waals surface area contributed by atoms with E-state index in [4.69, 9.17) is 5.73 Å². The van der Waals surface area contributed by atoms with Crippen LogP contribution in [-0.4, -0.2) is 8.42 Å². The Kier molecular flexibility index (Phi) is 3.96. The van der Waals surface area contributed by atoms with Crippen molar-refractivity contribution in [2.75, 3.05) is 10.5 Å². The molecule has 0 atom stereocenters. The molecular formula is C16H20N2O2S. The second-order valence-electron chi connectivity index (χ2n) is 5.44. The van der Waals surface area contributed by atoms with Gasteiger partial charge in [0.2, 0.25) is 0 Å². The van der Waals surface area contributed by atoms with Crippen molar-refractivity contribution in [3.05, 3.63) is 52.6 Å². The van der Waals surface area contributed by atoms with Crippen LogP contribution in [0.5, 0.6) is 0 Å². The Morgan fingerprint density at radius 2 is 1.48 bits per heavy atom. The van der Waals surface area contributed by atoms with E-state index in [0.29, 0.717) is 16.9 Å². The van der Waals surface area contributed by atoms with Gasteiger partial charge in [0.15, 0.2) is 0 Å². The molecule has 0 bridgehead atoms. The number of benzene rings is 2. The minimum absolute atomic E-state index is 0.221. The molecule has 2 aromatic rings. The summed E-state index contributed by atoms with van der Waals surface area (Å²) in [5.41, 5.74) is 10.4. The third kappa shape index (κ3) is 3.36. The SMILES string of the molecule is Cc1cc(C)cc(NS(=O)(=O)c2cc(N)cc(C)c2C)c1. The molecule has 0 unspecified atom stereocenters. The molecule has 0 radical (unpaired) electrons. The molecule has 0 aliphatic rings. The zero-order chi connectivity index (χ0) is 15.8. The number of hydrogen-bond acceptors (Lipinski definition) is 3. The molecule has 5 heteroatoms. The van der Waals surface area contributed by atoms with Crippen LogP contribution in [0.3, 0.4) is 0 Å². The summed E-state index contributed by atoms with van der Waals surface area (Å²) in [4.78, 5) is 0.221. The van der Waals surface area contributed by atoms with Gasteiger partial charge in [0.25, 0.3) is 10.0 Å². The number of anilines is 2. The van der Waals surface area contributed by atoms with Gasteiger partial charge in [-0.05, 0) is 74.2 Å². The lowest BCUT2D eigenvalue weighted by Crippen LogP contribution is -2.15. The van der Waals surface area contributed by atoms with E-state index >= 15 is 0 Å². The Morgan fingerprint density at radius 1 is 0.905 bits per heavy atom. The van der Waals surface area contributed by atoms with Crippen molar-refractivity contribution in [1.29, 1.82) is 0 Å². The molecule has 112 valence electrons. The molecule has 0 aliphatic heterocycles. The van der Waals surface area contributed by atoms with Crippen molar-refractivity contribution in [2.45, 2.75) is 32.6 Å². The fourth-order valence-corrected chi connectivity index (χ4v) is 3.77. The lowest BCUT2D eigenvalue weighted by atomic mass is 10.1. The highest BCUT2D eigenvalue weighted by atomic mass is 32.2. The summed E-state index contributed by atoms with van der Waals surface area (Å²) in [5.74, 6) is 0. The van der Waals surface area contributed by atoms with E-state index in [1.54, 1.807) is 25.1 Å². The zero-order valence-electron chi connectivity index (χ0n) is 12.7. The van der Waals surface area contributed by atoms with Crippen LogP contribution in [0.4, 0.5) is 11.4 Å². The van der Waals surface area contributed by atoms with Gasteiger partial charge in [-0.3, -0.25) is 4.72 Å². The first-order chi connectivity index (χ1) is 9.69. The van der Waals surface area contributed by atoms with E-state index in [9.17, 15) is 8.42 Å². The smallest absolute Gasteiger partial charge is 0.262 e. The molecule has 4 nitrogen and oxygen atoms in total. The van der Waals surface area contributed by atoms with Crippen molar-refractivity contribution >= 4 is 21.4 Å². The van der Waals surface area contributed by atoms with Gasteiger partial charge in [0.05, 0.1) is 4.90 Å². The van der Waals surface area contributed by atoms with Crippen molar-refractivity contribution < 1.29 is 8.42 Å². The predicted molar refractivity (Wildman–Crippen MR) is 87.1 cm³/mol. The van der Waals surface area contributed by atoms with Gasteiger partial charge in [-0.15, -0.1) is 0 Å². The summed E-state index contributed by atoms with van der Waals surface area (Å²) < 4.78 is 27.8. The molecule has 0 heterocycles. The van der Waals surface area contributed by atoms with Crippen LogP contribution in [0.25, 0.3) is 0 Å². The highest BCUT2D eigenvalue weighted by Crippen LogP contribution is 2.25. The largest absolute Gasteiger partial charge is 0.399 e. The molecule has 2 rings (SSSR count). The molecule has 3 N–H and O–H groups in total. The Hall–Kier alpha value is -2.01. The molecule has 0 saturated heterocycles. The number of hydrogen-bond donors (Lipinski definition) is 2. The lowest BCUT2D eigenvalue weighted by Gasteiger charge is -2.14. The van der Waals surface area contributed by atoms with Gasteiger partial charge in [0, 0.05) is 11.4 Å². The minimum atomic E-state index is -3.65. The van der Waals surface area contributed by atoms with E-state index in [1.165, 1.54) is 6.07 Å². The Labute approximate surface area is 126 Å².